The fourth-order valence-electron chi connectivity index (χ4n) is 12.4. The van der Waals surface area contributed by atoms with Crippen molar-refractivity contribution in [2.45, 2.75) is 376 Å². The van der Waals surface area contributed by atoms with Crippen LogP contribution in [0.5, 0.6) is 0 Å². The third kappa shape index (κ3) is 87.5. The molecule has 0 amide bonds. The molecule has 22 nitrogen and oxygen atoms in total. The molecule has 0 bridgehead atoms. The van der Waals surface area contributed by atoms with Crippen LogP contribution in [0.1, 0.15) is 185 Å². The van der Waals surface area contributed by atoms with Crippen LogP contribution in [0.15, 0.2) is 73.4 Å². The fourth-order valence-corrected chi connectivity index (χ4v) is 54.8. The standard InChI is InChI=1S/C28H58O8Si4.C23H48O7Si4.C10H20O3Si.C8H18Si.C7H16Si.C5H10O.CHF3O3S.2CH4.Pt/c1-13-31-19-18-24-40(12,35-38(8,9)23-17-15-21-33-28(30)26(4)5)36-39(10,11)34-37(6,7)22-16-14-20-32-27(29)25(2)3;1-20(2)22(24)26-16-12-14-18-32(6,7)28-31(5)29-34(10,11)30-33(8,9)19-15-13-17-27-23(25)21(3)4;1-9(2)10(11)13-7-5-6-8-14(3,4)12;1-9(2)7-5-3-4-6-8-9;1-8-6-4-2-3-5-7-8;1-3-5-6-4-2;2-1(3,4)8(5,6)7;;;/h2,4,13-24H2,1,3,5-12H3;31H,1,3,12-19H2,2,4-11H3;12H,1,5-8H2,2-4H3;3-8H2,1-2H3;8H,2-7H2,1H3;3H,1,4-5H2,2H3;(H,5,6,7);2*1H4;. The van der Waals surface area contributed by atoms with Gasteiger partial charge in [0.05, 0.1) is 39.6 Å². The summed E-state index contributed by atoms with van der Waals surface area (Å²) in [5.74, 6) is -1.65. The summed E-state index contributed by atoms with van der Waals surface area (Å²) >= 11 is 0. The monoisotopic (exact) mass is 2130 g/mol. The van der Waals surface area contributed by atoms with Gasteiger partial charge < -0.3 is 62.6 Å². The van der Waals surface area contributed by atoms with Crippen molar-refractivity contribution >= 4 is 133 Å². The van der Waals surface area contributed by atoms with E-state index in [0.717, 1.165) is 114 Å². The van der Waals surface area contributed by atoms with Crippen molar-refractivity contribution in [3.63, 3.8) is 0 Å². The maximum Gasteiger partial charge on any atom is 0.522 e. The SMILES string of the molecule is C.C.C=C(C)C(=O)OCCCC[Si](C)(C)O.C=C(C)C(=O)OCCCC[Si](C)(C)O[SiH](C)O[Si](C)(C)O[Si](C)(C)CCCCOC(=O)C(=C)C.C=C(C)C(=O)OCCCC[Si](C)(C)O[Si](C)(C)O[Si](C)(CCCOCC)O[Si](C)(C)CCCCOC(=O)C(=C)C.C=CCOCC.C[SiH]1CCCCCC1.C[Si]1(C)CCCCCC1.O=S(=O)(O)C(F)(F)F.[Pt]. The molecular formula is C84H179F3O22PtSSi11. The molecule has 0 spiro atoms. The second-order valence-corrected chi connectivity index (χ2v) is 81.2. The number of rotatable bonds is 50. The van der Waals surface area contributed by atoms with Gasteiger partial charge in [-0.25, -0.2) is 24.0 Å². The number of esters is 5. The smallest absolute Gasteiger partial charge is 0.462 e. The van der Waals surface area contributed by atoms with Crippen LogP contribution in [-0.2, 0) is 113 Å². The second kappa shape index (κ2) is 71.9. The Bertz CT molecular complexity index is 3000. The summed E-state index contributed by atoms with van der Waals surface area (Å²) in [6.45, 7) is 80.6. The molecule has 2 saturated heterocycles. The number of halogens is 3. The van der Waals surface area contributed by atoms with E-state index in [1.54, 1.807) is 77.7 Å². The molecule has 122 heavy (non-hydrogen) atoms. The molecule has 0 radical (unpaired) electrons. The van der Waals surface area contributed by atoms with E-state index in [9.17, 15) is 41.9 Å². The second-order valence-electron chi connectivity index (χ2n) is 36.2. The van der Waals surface area contributed by atoms with Gasteiger partial charge in [-0.15, -0.1) is 6.58 Å². The van der Waals surface area contributed by atoms with Crippen LogP contribution in [0.2, 0.25) is 185 Å². The van der Waals surface area contributed by atoms with Gasteiger partial charge in [0.25, 0.3) is 9.28 Å². The Kier molecular flexibility index (Phi) is 80.0. The molecule has 2 aliphatic heterocycles. The van der Waals surface area contributed by atoms with Gasteiger partial charge in [0.2, 0.25) is 0 Å². The van der Waals surface area contributed by atoms with Crippen molar-refractivity contribution in [1.82, 2.24) is 0 Å². The molecule has 728 valence electrons. The Hall–Kier alpha value is -1.80. The van der Waals surface area contributed by atoms with Crippen LogP contribution >= 0.6 is 0 Å². The molecule has 2 unspecified atom stereocenters. The minimum absolute atomic E-state index is 0. The molecule has 2 N–H and O–H groups in total. The molecule has 0 aliphatic carbocycles. The van der Waals surface area contributed by atoms with E-state index in [0.29, 0.717) is 80.7 Å². The van der Waals surface area contributed by atoms with Crippen LogP contribution < -0.4 is 0 Å². The van der Waals surface area contributed by atoms with Gasteiger partial charge >= 0.3 is 71.2 Å². The first kappa shape index (κ1) is 136. The summed E-state index contributed by atoms with van der Waals surface area (Å²) in [5, 5.41) is 0. The zero-order chi connectivity index (χ0) is 93.2. The van der Waals surface area contributed by atoms with E-state index >= 15 is 0 Å². The van der Waals surface area contributed by atoms with Crippen LogP contribution in [0.4, 0.5) is 13.2 Å². The van der Waals surface area contributed by atoms with Gasteiger partial charge in [0.15, 0.2) is 41.6 Å². The molecule has 0 aromatic carbocycles. The third-order valence-corrected chi connectivity index (χ3v) is 57.5. The minimum atomic E-state index is -5.84. The van der Waals surface area contributed by atoms with Crippen molar-refractivity contribution in [3.05, 3.63) is 73.4 Å². The first-order valence-corrected chi connectivity index (χ1v) is 76.7. The molecule has 2 fully saturated rings. The zero-order valence-corrected chi connectivity index (χ0v) is 94.2. The number of hydrogen-bond donors (Lipinski definition) is 2. The van der Waals surface area contributed by atoms with E-state index in [-0.39, 0.29) is 74.6 Å². The summed E-state index contributed by atoms with van der Waals surface area (Å²) in [4.78, 5) is 66.6. The van der Waals surface area contributed by atoms with Gasteiger partial charge in [0.1, 0.15) is 0 Å². The average molecular weight is 2130 g/mol. The van der Waals surface area contributed by atoms with Crippen molar-refractivity contribution < 1.29 is 134 Å². The molecule has 38 heteroatoms. The zero-order valence-electron chi connectivity index (χ0n) is 79.8. The summed E-state index contributed by atoms with van der Waals surface area (Å²) in [5.41, 5.74) is -3.39. The minimum Gasteiger partial charge on any atom is -0.462 e. The first-order valence-electron chi connectivity index (χ1n) is 43.2. The predicted octanol–water partition coefficient (Wildman–Crippen LogP) is 23.9. The number of alkyl halides is 3. The maximum absolute atomic E-state index is 11.6. The Morgan fingerprint density at radius 3 is 1.03 bits per heavy atom. The average Bonchev–Trinajstić information content (AvgIpc) is 0.954. The van der Waals surface area contributed by atoms with E-state index in [1.165, 1.54) is 38.5 Å². The molecule has 0 aromatic rings. The Morgan fingerprint density at radius 2 is 0.746 bits per heavy atom. The predicted molar refractivity (Wildman–Crippen MR) is 525 cm³/mol. The van der Waals surface area contributed by atoms with Crippen LogP contribution in [0, 0.1) is 0 Å². The van der Waals surface area contributed by atoms with Crippen molar-refractivity contribution in [2.75, 3.05) is 59.5 Å². The van der Waals surface area contributed by atoms with Crippen LogP contribution in [-0.4, -0.2) is 206 Å². The molecule has 2 rings (SSSR count). The van der Waals surface area contributed by atoms with Crippen molar-refractivity contribution in [2.24, 2.45) is 0 Å². The third-order valence-electron chi connectivity index (χ3n) is 18.2. The van der Waals surface area contributed by atoms with Gasteiger partial charge in [-0.1, -0.05) is 181 Å². The number of carbonyl (C=O) groups is 5. The van der Waals surface area contributed by atoms with E-state index < -0.39 is 100 Å². The van der Waals surface area contributed by atoms with Gasteiger partial charge in [-0.3, -0.25) is 4.55 Å². The number of hydrogen-bond acceptors (Lipinski definition) is 21. The molecule has 0 aromatic heterocycles. The van der Waals surface area contributed by atoms with Crippen LogP contribution in [0.25, 0.3) is 0 Å². The Labute approximate surface area is 770 Å². The number of carbonyl (C=O) groups excluding carboxylic acids is 5. The fraction of sp³-hybridized carbons (Fsp3) is 0.798. The van der Waals surface area contributed by atoms with Gasteiger partial charge in [-0.2, -0.15) is 21.6 Å². The molecule has 2 aliphatic rings. The Morgan fingerprint density at radius 1 is 0.451 bits per heavy atom. The quantitative estimate of drug-likeness (QED) is 0.00836. The molecule has 2 atom stereocenters. The largest absolute Gasteiger partial charge is 0.522 e. The first-order chi connectivity index (χ1) is 54.4. The maximum atomic E-state index is 11.6. The summed E-state index contributed by atoms with van der Waals surface area (Å²) < 4.78 is 134. The van der Waals surface area contributed by atoms with Crippen molar-refractivity contribution in [3.8, 4) is 0 Å². The van der Waals surface area contributed by atoms with Crippen LogP contribution in [0.3, 0.4) is 0 Å². The van der Waals surface area contributed by atoms with E-state index in [2.05, 4.69) is 151 Å². The van der Waals surface area contributed by atoms with Crippen molar-refractivity contribution in [1.29, 1.82) is 0 Å². The summed E-state index contributed by atoms with van der Waals surface area (Å²) in [6, 6.07) is 12.1. The molecule has 2 heterocycles. The summed E-state index contributed by atoms with van der Waals surface area (Å²) in [7, 11) is -25.5. The summed E-state index contributed by atoms with van der Waals surface area (Å²) in [6.07, 6.45) is 23.6. The molecule has 0 saturated carbocycles. The topological polar surface area (TPSA) is 280 Å². The normalized spacial score (nSPS) is 14.5. The Balaban J connectivity index is -0.000000233. The molecular weight excluding hydrogens is 1950 g/mol. The number of unbranched alkanes of at least 4 members (excludes halogenated alkanes) is 5. The van der Waals surface area contributed by atoms with Gasteiger partial charge in [0, 0.05) is 85.6 Å². The number of ether oxygens (including phenoxy) is 7. The van der Waals surface area contributed by atoms with E-state index in [1.807, 2.05) is 26.9 Å². The van der Waals surface area contributed by atoms with Gasteiger partial charge in [-0.05, 0) is 228 Å². The van der Waals surface area contributed by atoms with E-state index in [4.69, 9.17) is 70.8 Å².